The van der Waals surface area contributed by atoms with E-state index in [1.54, 1.807) is 0 Å². The lowest BCUT2D eigenvalue weighted by Crippen LogP contribution is -2.16. The highest BCUT2D eigenvalue weighted by Gasteiger charge is 2.14. The van der Waals surface area contributed by atoms with Crippen LogP contribution in [0.25, 0.3) is 0 Å². The van der Waals surface area contributed by atoms with Gasteiger partial charge in [-0.15, -0.1) is 0 Å². The zero-order valence-electron chi connectivity index (χ0n) is 13.0. The summed E-state index contributed by atoms with van der Waals surface area (Å²) in [5.41, 5.74) is 1.38. The van der Waals surface area contributed by atoms with Gasteiger partial charge in [-0.25, -0.2) is 4.98 Å². The summed E-state index contributed by atoms with van der Waals surface area (Å²) in [7, 11) is 0. The molecule has 3 rings (SSSR count). The second kappa shape index (κ2) is 7.78. The Morgan fingerprint density at radius 1 is 1.05 bits per heavy atom. The van der Waals surface area contributed by atoms with Gasteiger partial charge in [-0.3, -0.25) is 0 Å². The van der Waals surface area contributed by atoms with Crippen LogP contribution < -0.4 is 10.6 Å². The van der Waals surface area contributed by atoms with E-state index in [2.05, 4.69) is 50.9 Å². The Balaban J connectivity index is 1.44. The number of aromatic nitrogens is 2. The summed E-state index contributed by atoms with van der Waals surface area (Å²) in [4.78, 5) is 8.84. The van der Waals surface area contributed by atoms with Gasteiger partial charge in [-0.2, -0.15) is 4.98 Å². The van der Waals surface area contributed by atoms with Crippen molar-refractivity contribution >= 4 is 11.8 Å². The molecule has 22 heavy (non-hydrogen) atoms. The third-order valence-corrected chi connectivity index (χ3v) is 4.13. The van der Waals surface area contributed by atoms with Gasteiger partial charge in [0.2, 0.25) is 5.95 Å². The fraction of sp³-hybridized carbons (Fsp3) is 0.444. The zero-order chi connectivity index (χ0) is 15.0. The predicted molar refractivity (Wildman–Crippen MR) is 91.2 cm³/mol. The number of hydrogen-bond donors (Lipinski definition) is 2. The minimum Gasteiger partial charge on any atom is -0.367 e. The van der Waals surface area contributed by atoms with Gasteiger partial charge in [0.1, 0.15) is 5.82 Å². The van der Waals surface area contributed by atoms with Gasteiger partial charge >= 0.3 is 0 Å². The summed E-state index contributed by atoms with van der Waals surface area (Å²) in [6, 6.07) is 13.1. The monoisotopic (exact) mass is 296 g/mol. The van der Waals surface area contributed by atoms with Crippen LogP contribution in [-0.2, 0) is 6.42 Å². The van der Waals surface area contributed by atoms with Crippen molar-refractivity contribution in [3.8, 4) is 0 Å². The van der Waals surface area contributed by atoms with Crippen molar-refractivity contribution in [2.24, 2.45) is 0 Å². The van der Waals surface area contributed by atoms with Crippen molar-refractivity contribution in [2.45, 2.75) is 44.6 Å². The van der Waals surface area contributed by atoms with Crippen LogP contribution in [0.4, 0.5) is 11.8 Å². The van der Waals surface area contributed by atoms with Crippen LogP contribution in [0.1, 0.15) is 37.7 Å². The molecule has 1 fully saturated rings. The first-order chi connectivity index (χ1) is 10.9. The van der Waals surface area contributed by atoms with Gasteiger partial charge in [0.25, 0.3) is 0 Å². The number of benzene rings is 1. The largest absolute Gasteiger partial charge is 0.367 e. The van der Waals surface area contributed by atoms with E-state index in [0.717, 1.165) is 31.2 Å². The van der Waals surface area contributed by atoms with Crippen molar-refractivity contribution in [3.05, 3.63) is 48.2 Å². The van der Waals surface area contributed by atoms with Crippen molar-refractivity contribution in [2.75, 3.05) is 17.2 Å². The lowest BCUT2D eigenvalue weighted by atomic mass is 10.1. The number of rotatable bonds is 7. The molecule has 0 amide bonds. The quantitative estimate of drug-likeness (QED) is 0.761. The van der Waals surface area contributed by atoms with E-state index < -0.39 is 0 Å². The van der Waals surface area contributed by atoms with Crippen LogP contribution in [0.2, 0.25) is 0 Å². The normalized spacial score (nSPS) is 14.9. The Hall–Kier alpha value is -2.10. The van der Waals surface area contributed by atoms with E-state index in [-0.39, 0.29) is 0 Å². The Morgan fingerprint density at radius 3 is 2.68 bits per heavy atom. The summed E-state index contributed by atoms with van der Waals surface area (Å²) in [6.45, 7) is 0.891. The second-order valence-electron chi connectivity index (χ2n) is 5.91. The molecule has 0 radical (unpaired) electrons. The van der Waals surface area contributed by atoms with E-state index in [1.807, 2.05) is 12.3 Å². The van der Waals surface area contributed by atoms with E-state index in [9.17, 15) is 0 Å². The smallest absolute Gasteiger partial charge is 0.224 e. The molecule has 1 saturated carbocycles. The Labute approximate surface area is 132 Å². The van der Waals surface area contributed by atoms with Gasteiger partial charge < -0.3 is 10.6 Å². The average molecular weight is 296 g/mol. The lowest BCUT2D eigenvalue weighted by Gasteiger charge is -2.13. The lowest BCUT2D eigenvalue weighted by molar-refractivity contribution is 0.749. The maximum Gasteiger partial charge on any atom is 0.224 e. The zero-order valence-corrected chi connectivity index (χ0v) is 13.0. The SMILES string of the molecule is c1ccc(CCCNc2nccc(NC3CCCC3)n2)cc1. The fourth-order valence-electron chi connectivity index (χ4n) is 2.94. The first-order valence-electron chi connectivity index (χ1n) is 8.27. The molecule has 0 spiro atoms. The number of nitrogens with zero attached hydrogens (tertiary/aromatic N) is 2. The molecule has 1 aromatic heterocycles. The fourth-order valence-corrected chi connectivity index (χ4v) is 2.94. The Morgan fingerprint density at radius 2 is 1.86 bits per heavy atom. The molecule has 1 aliphatic carbocycles. The van der Waals surface area contributed by atoms with Crippen molar-refractivity contribution in [1.82, 2.24) is 9.97 Å². The maximum atomic E-state index is 4.55. The molecule has 0 unspecified atom stereocenters. The molecule has 0 atom stereocenters. The van der Waals surface area contributed by atoms with Crippen LogP contribution in [0.5, 0.6) is 0 Å². The molecule has 1 aromatic carbocycles. The summed E-state index contributed by atoms with van der Waals surface area (Å²) < 4.78 is 0. The van der Waals surface area contributed by atoms with Gasteiger partial charge in [0, 0.05) is 18.8 Å². The molecule has 4 heteroatoms. The van der Waals surface area contributed by atoms with Crippen LogP contribution in [0.15, 0.2) is 42.6 Å². The average Bonchev–Trinajstić information content (AvgIpc) is 3.06. The van der Waals surface area contributed by atoms with Gasteiger partial charge in [-0.1, -0.05) is 43.2 Å². The highest BCUT2D eigenvalue weighted by Crippen LogP contribution is 2.21. The second-order valence-corrected chi connectivity index (χ2v) is 5.91. The summed E-state index contributed by atoms with van der Waals surface area (Å²) in [5, 5.41) is 6.82. The molecule has 0 saturated heterocycles. The highest BCUT2D eigenvalue weighted by atomic mass is 15.1. The van der Waals surface area contributed by atoms with Crippen LogP contribution in [0, 0.1) is 0 Å². The topological polar surface area (TPSA) is 49.8 Å². The van der Waals surface area contributed by atoms with Crippen LogP contribution >= 0.6 is 0 Å². The molecule has 116 valence electrons. The Bertz CT molecular complexity index is 564. The third kappa shape index (κ3) is 4.45. The first-order valence-corrected chi connectivity index (χ1v) is 8.27. The van der Waals surface area contributed by atoms with E-state index in [0.29, 0.717) is 6.04 Å². The standard InChI is InChI=1S/C18H24N4/c1-2-7-15(8-3-1)9-6-13-19-18-20-14-12-17(22-18)21-16-10-4-5-11-16/h1-3,7-8,12,14,16H,4-6,9-11,13H2,(H2,19,20,21,22). The van der Waals surface area contributed by atoms with Gasteiger partial charge in [-0.05, 0) is 37.3 Å². The molecular weight excluding hydrogens is 272 g/mol. The Kier molecular flexibility index (Phi) is 5.24. The van der Waals surface area contributed by atoms with Gasteiger partial charge in [0.05, 0.1) is 0 Å². The highest BCUT2D eigenvalue weighted by molar-refractivity contribution is 5.40. The molecule has 0 aliphatic heterocycles. The minimum absolute atomic E-state index is 0.584. The maximum absolute atomic E-state index is 4.55. The molecule has 0 bridgehead atoms. The van der Waals surface area contributed by atoms with Crippen molar-refractivity contribution < 1.29 is 0 Å². The summed E-state index contributed by atoms with van der Waals surface area (Å²) >= 11 is 0. The van der Waals surface area contributed by atoms with E-state index >= 15 is 0 Å². The van der Waals surface area contributed by atoms with Crippen molar-refractivity contribution in [1.29, 1.82) is 0 Å². The van der Waals surface area contributed by atoms with Gasteiger partial charge in [0.15, 0.2) is 0 Å². The minimum atomic E-state index is 0.584. The number of nitrogens with one attached hydrogen (secondary N) is 2. The molecular formula is C18H24N4. The summed E-state index contributed by atoms with van der Waals surface area (Å²) in [5.74, 6) is 1.66. The third-order valence-electron chi connectivity index (χ3n) is 4.13. The molecule has 1 aliphatic rings. The molecule has 2 aromatic rings. The molecule has 2 N–H and O–H groups in total. The van der Waals surface area contributed by atoms with E-state index in [1.165, 1.54) is 31.2 Å². The van der Waals surface area contributed by atoms with E-state index in [4.69, 9.17) is 0 Å². The van der Waals surface area contributed by atoms with Crippen molar-refractivity contribution in [3.63, 3.8) is 0 Å². The van der Waals surface area contributed by atoms with Crippen LogP contribution in [-0.4, -0.2) is 22.6 Å². The number of hydrogen-bond acceptors (Lipinski definition) is 4. The van der Waals surface area contributed by atoms with Crippen LogP contribution in [0.3, 0.4) is 0 Å². The predicted octanol–water partition coefficient (Wildman–Crippen LogP) is 3.88. The summed E-state index contributed by atoms with van der Waals surface area (Å²) in [6.07, 6.45) is 9.14. The number of aryl methyl sites for hydroxylation is 1. The molecule has 1 heterocycles. The first kappa shape index (κ1) is 14.8. The number of anilines is 2. The molecule has 4 nitrogen and oxygen atoms in total.